The third-order valence-electron chi connectivity index (χ3n) is 4.85. The number of hydrogen-bond donors (Lipinski definition) is 2. The highest BCUT2D eigenvalue weighted by molar-refractivity contribution is 7.89. The fraction of sp³-hybridized carbons (Fsp3) is 0.350. The lowest BCUT2D eigenvalue weighted by molar-refractivity contribution is -0.136. The molecule has 1 aliphatic carbocycles. The number of aliphatic carboxylic acids is 1. The molecule has 0 aromatic heterocycles. The lowest BCUT2D eigenvalue weighted by atomic mass is 10.0. The van der Waals surface area contributed by atoms with Crippen LogP contribution in [0.2, 0.25) is 0 Å². The molecule has 1 atom stereocenters. The molecule has 0 amide bonds. The quantitative estimate of drug-likeness (QED) is 0.723. The number of sulfonamides is 1. The number of ether oxygens (including phenoxy) is 1. The van der Waals surface area contributed by atoms with E-state index in [9.17, 15) is 13.2 Å². The van der Waals surface area contributed by atoms with E-state index in [1.807, 2.05) is 12.1 Å². The van der Waals surface area contributed by atoms with Crippen molar-refractivity contribution in [1.29, 1.82) is 0 Å². The van der Waals surface area contributed by atoms with Crippen LogP contribution in [0.1, 0.15) is 23.1 Å². The summed E-state index contributed by atoms with van der Waals surface area (Å²) in [5.41, 5.74) is 3.41. The van der Waals surface area contributed by atoms with Gasteiger partial charge in [-0.15, -0.1) is 0 Å². The van der Waals surface area contributed by atoms with Crippen LogP contribution in [-0.4, -0.2) is 33.1 Å². The summed E-state index contributed by atoms with van der Waals surface area (Å²) in [6.45, 7) is 0.369. The van der Waals surface area contributed by atoms with Gasteiger partial charge in [-0.2, -0.15) is 0 Å². The lowest BCUT2D eigenvalue weighted by Gasteiger charge is -2.11. The Kier molecular flexibility index (Phi) is 5.82. The Morgan fingerprint density at radius 2 is 1.85 bits per heavy atom. The molecule has 0 saturated carbocycles. The minimum absolute atomic E-state index is 0.115. The van der Waals surface area contributed by atoms with Crippen molar-refractivity contribution in [3.63, 3.8) is 0 Å². The number of carboxylic acids is 1. The molecule has 2 N–H and O–H groups in total. The minimum atomic E-state index is -3.56. The van der Waals surface area contributed by atoms with Crippen molar-refractivity contribution < 1.29 is 23.1 Å². The third kappa shape index (κ3) is 4.87. The molecule has 0 bridgehead atoms. The van der Waals surface area contributed by atoms with Crippen LogP contribution in [0.3, 0.4) is 0 Å². The maximum absolute atomic E-state index is 12.5. The second-order valence-corrected chi connectivity index (χ2v) is 8.57. The highest BCUT2D eigenvalue weighted by Gasteiger charge is 2.24. The summed E-state index contributed by atoms with van der Waals surface area (Å²) >= 11 is 0. The molecule has 2 aromatic rings. The average Bonchev–Trinajstić information content (AvgIpc) is 3.07. The molecular weight excluding hydrogens is 366 g/mol. The van der Waals surface area contributed by atoms with Crippen LogP contribution < -0.4 is 9.46 Å². The average molecular weight is 389 g/mol. The maximum atomic E-state index is 12.5. The van der Waals surface area contributed by atoms with Crippen LogP contribution in [0.25, 0.3) is 0 Å². The molecule has 1 unspecified atom stereocenters. The fourth-order valence-corrected chi connectivity index (χ4v) is 4.50. The lowest BCUT2D eigenvalue weighted by Crippen LogP contribution is -2.29. The molecule has 6 nitrogen and oxygen atoms in total. The molecule has 2 aromatic carbocycles. The first-order valence-corrected chi connectivity index (χ1v) is 10.3. The number of methoxy groups -OCH3 is 1. The SMILES string of the molecule is COc1ccc(S(=O)(=O)NCC2Cc3ccc(CCC(=O)O)cc3C2)cc1. The summed E-state index contributed by atoms with van der Waals surface area (Å²) < 4.78 is 32.7. The summed E-state index contributed by atoms with van der Waals surface area (Å²) in [6, 6.07) is 12.3. The zero-order valence-electron chi connectivity index (χ0n) is 15.1. The predicted molar refractivity (Wildman–Crippen MR) is 101 cm³/mol. The summed E-state index contributed by atoms with van der Waals surface area (Å²) in [4.78, 5) is 10.9. The molecule has 27 heavy (non-hydrogen) atoms. The Morgan fingerprint density at radius 1 is 1.15 bits per heavy atom. The van der Waals surface area contributed by atoms with Crippen LogP contribution >= 0.6 is 0 Å². The van der Waals surface area contributed by atoms with Gasteiger partial charge >= 0.3 is 5.97 Å². The van der Waals surface area contributed by atoms with Crippen molar-refractivity contribution in [1.82, 2.24) is 4.72 Å². The fourth-order valence-electron chi connectivity index (χ4n) is 3.38. The van der Waals surface area contributed by atoms with Crippen molar-refractivity contribution in [2.45, 2.75) is 30.6 Å². The van der Waals surface area contributed by atoms with Gasteiger partial charge in [0.1, 0.15) is 5.75 Å². The number of nitrogens with one attached hydrogen (secondary N) is 1. The van der Waals surface area contributed by atoms with Crippen molar-refractivity contribution in [2.24, 2.45) is 5.92 Å². The van der Waals surface area contributed by atoms with Gasteiger partial charge < -0.3 is 9.84 Å². The van der Waals surface area contributed by atoms with Gasteiger partial charge in [0.2, 0.25) is 10.0 Å². The van der Waals surface area contributed by atoms with Crippen molar-refractivity contribution >= 4 is 16.0 Å². The molecule has 0 spiro atoms. The minimum Gasteiger partial charge on any atom is -0.497 e. The molecular formula is C20H23NO5S. The first kappa shape index (κ1) is 19.4. The van der Waals surface area contributed by atoms with Crippen LogP contribution in [0, 0.1) is 5.92 Å². The zero-order chi connectivity index (χ0) is 19.4. The third-order valence-corrected chi connectivity index (χ3v) is 6.29. The largest absolute Gasteiger partial charge is 0.497 e. The monoisotopic (exact) mass is 389 g/mol. The second kappa shape index (κ2) is 8.10. The van der Waals surface area contributed by atoms with E-state index in [-0.39, 0.29) is 17.2 Å². The highest BCUT2D eigenvalue weighted by Crippen LogP contribution is 2.28. The molecule has 0 radical (unpaired) electrons. The highest BCUT2D eigenvalue weighted by atomic mass is 32.2. The van der Waals surface area contributed by atoms with E-state index in [1.54, 1.807) is 12.1 Å². The molecule has 0 fully saturated rings. The molecule has 0 aliphatic heterocycles. The van der Waals surface area contributed by atoms with E-state index in [4.69, 9.17) is 9.84 Å². The molecule has 7 heteroatoms. The second-order valence-electron chi connectivity index (χ2n) is 6.80. The van der Waals surface area contributed by atoms with E-state index < -0.39 is 16.0 Å². The first-order chi connectivity index (χ1) is 12.9. The summed E-state index contributed by atoms with van der Waals surface area (Å²) in [7, 11) is -2.02. The summed E-state index contributed by atoms with van der Waals surface area (Å²) in [5, 5.41) is 8.81. The van der Waals surface area contributed by atoms with Crippen molar-refractivity contribution in [3.05, 3.63) is 59.2 Å². The molecule has 3 rings (SSSR count). The van der Waals surface area contributed by atoms with Gasteiger partial charge in [0.15, 0.2) is 0 Å². The Morgan fingerprint density at radius 3 is 2.52 bits per heavy atom. The van der Waals surface area contributed by atoms with Crippen molar-refractivity contribution in [2.75, 3.05) is 13.7 Å². The Labute approximate surface area is 159 Å². The number of carboxylic acid groups (broad SMARTS) is 1. The topological polar surface area (TPSA) is 92.7 Å². The Bertz CT molecular complexity index is 922. The standard InChI is InChI=1S/C20H23NO5S/c1-26-18-5-7-19(8-6-18)27(24,25)21-13-15-11-16-4-2-14(3-9-20(22)23)10-17(16)12-15/h2,4-8,10,15,21H,3,9,11-13H2,1H3,(H,22,23). The molecule has 0 saturated heterocycles. The van der Waals surface area contributed by atoms with E-state index in [2.05, 4.69) is 10.8 Å². The molecule has 0 heterocycles. The van der Waals surface area contributed by atoms with E-state index in [0.717, 1.165) is 18.4 Å². The van der Waals surface area contributed by atoms with Crippen LogP contribution in [0.15, 0.2) is 47.4 Å². The van der Waals surface area contributed by atoms with E-state index >= 15 is 0 Å². The van der Waals surface area contributed by atoms with Gasteiger partial charge in [-0.1, -0.05) is 18.2 Å². The number of carbonyl (C=O) groups is 1. The Hall–Kier alpha value is -2.38. The van der Waals surface area contributed by atoms with E-state index in [1.165, 1.54) is 30.4 Å². The van der Waals surface area contributed by atoms with Crippen LogP contribution in [0.5, 0.6) is 5.75 Å². The summed E-state index contributed by atoms with van der Waals surface area (Å²) in [5.74, 6) is 0.00274. The van der Waals surface area contributed by atoms with Gasteiger partial charge in [0.05, 0.1) is 12.0 Å². The van der Waals surface area contributed by atoms with E-state index in [0.29, 0.717) is 18.7 Å². The smallest absolute Gasteiger partial charge is 0.303 e. The number of fused-ring (bicyclic) bond motifs is 1. The Balaban J connectivity index is 1.59. The van der Waals surface area contributed by atoms with Gasteiger partial charge in [-0.3, -0.25) is 4.79 Å². The van der Waals surface area contributed by atoms with Crippen LogP contribution in [0.4, 0.5) is 0 Å². The van der Waals surface area contributed by atoms with Gasteiger partial charge in [0, 0.05) is 13.0 Å². The first-order valence-electron chi connectivity index (χ1n) is 8.83. The number of benzene rings is 2. The maximum Gasteiger partial charge on any atom is 0.303 e. The van der Waals surface area contributed by atoms with Crippen LogP contribution in [-0.2, 0) is 34.1 Å². The van der Waals surface area contributed by atoms with Gasteiger partial charge in [0.25, 0.3) is 0 Å². The van der Waals surface area contributed by atoms with Crippen molar-refractivity contribution in [3.8, 4) is 5.75 Å². The predicted octanol–water partition coefficient (Wildman–Crippen LogP) is 2.41. The molecule has 1 aliphatic rings. The van der Waals surface area contributed by atoms with Gasteiger partial charge in [-0.25, -0.2) is 13.1 Å². The number of aryl methyl sites for hydroxylation is 1. The zero-order valence-corrected chi connectivity index (χ0v) is 16.0. The van der Waals surface area contributed by atoms with Gasteiger partial charge in [-0.05, 0) is 66.1 Å². The normalized spacial score (nSPS) is 16.1. The summed E-state index contributed by atoms with van der Waals surface area (Å²) in [6.07, 6.45) is 2.24. The molecule has 144 valence electrons. The number of rotatable bonds is 8. The number of hydrogen-bond acceptors (Lipinski definition) is 4.